The van der Waals surface area contributed by atoms with Crippen molar-refractivity contribution in [1.82, 2.24) is 14.1 Å². The lowest BCUT2D eigenvalue weighted by molar-refractivity contribution is 0.0729. The summed E-state index contributed by atoms with van der Waals surface area (Å²) in [5.74, 6) is -1.44. The third-order valence-electron chi connectivity index (χ3n) is 5.40. The van der Waals surface area contributed by atoms with Crippen molar-refractivity contribution in [3.63, 3.8) is 0 Å². The van der Waals surface area contributed by atoms with E-state index in [2.05, 4.69) is 10.4 Å². The summed E-state index contributed by atoms with van der Waals surface area (Å²) in [6, 6.07) is 10.00. The van der Waals surface area contributed by atoms with Crippen LogP contribution in [0.3, 0.4) is 0 Å². The van der Waals surface area contributed by atoms with Gasteiger partial charge in [-0.15, -0.1) is 0 Å². The number of anilines is 1. The van der Waals surface area contributed by atoms with Crippen LogP contribution >= 0.6 is 0 Å². The van der Waals surface area contributed by atoms with Crippen LogP contribution in [0.15, 0.2) is 52.2 Å². The van der Waals surface area contributed by atoms with Crippen LogP contribution in [0.2, 0.25) is 0 Å². The zero-order valence-electron chi connectivity index (χ0n) is 18.8. The van der Waals surface area contributed by atoms with Gasteiger partial charge in [-0.2, -0.15) is 9.40 Å². The van der Waals surface area contributed by atoms with Gasteiger partial charge < -0.3 is 10.1 Å². The Kier molecular flexibility index (Phi) is 6.78. The molecule has 4 rings (SSSR count). The molecule has 1 fully saturated rings. The molecular weight excluding hydrogens is 463 g/mol. The molecule has 0 saturated carbocycles. The number of nitrogens with one attached hydrogen (secondary N) is 1. The number of amides is 1. The van der Waals surface area contributed by atoms with Crippen LogP contribution in [0.1, 0.15) is 24.3 Å². The van der Waals surface area contributed by atoms with E-state index >= 15 is 0 Å². The summed E-state index contributed by atoms with van der Waals surface area (Å²) in [6.07, 6.45) is 0. The molecule has 0 atom stereocenters. The number of sulfonamides is 1. The number of carbonyl (C=O) groups excluding carboxylic acids is 1. The van der Waals surface area contributed by atoms with Crippen LogP contribution in [0.5, 0.6) is 0 Å². The molecule has 0 unspecified atom stereocenters. The van der Waals surface area contributed by atoms with Crippen LogP contribution in [-0.4, -0.2) is 54.7 Å². The minimum absolute atomic E-state index is 0.0118. The molecule has 1 aliphatic heterocycles. The molecule has 0 bridgehead atoms. The molecule has 0 radical (unpaired) electrons. The minimum atomic E-state index is -4.11. The Balaban J connectivity index is 1.71. The van der Waals surface area contributed by atoms with E-state index in [1.54, 1.807) is 24.3 Å². The number of halogens is 1. The van der Waals surface area contributed by atoms with E-state index in [1.807, 2.05) is 13.8 Å². The second kappa shape index (κ2) is 9.61. The molecule has 9 nitrogen and oxygen atoms in total. The Bertz CT molecular complexity index is 1400. The third-order valence-corrected chi connectivity index (χ3v) is 7.31. The number of hydrogen-bond acceptors (Lipinski definition) is 6. The van der Waals surface area contributed by atoms with E-state index in [9.17, 15) is 22.4 Å². The number of hydrogen-bond donors (Lipinski definition) is 1. The zero-order chi connectivity index (χ0) is 24.5. The molecule has 34 heavy (non-hydrogen) atoms. The summed E-state index contributed by atoms with van der Waals surface area (Å²) in [7, 11) is -4.11. The van der Waals surface area contributed by atoms with E-state index in [-0.39, 0.29) is 49.2 Å². The SMILES string of the molecule is CC(C)Cn1nc(C(=O)Nc2ccc(F)c(S(=O)(=O)N3CCOCC3)c2)c2ccccc2c1=O. The van der Waals surface area contributed by atoms with E-state index in [4.69, 9.17) is 4.74 Å². The number of benzene rings is 2. The van der Waals surface area contributed by atoms with Gasteiger partial charge in [0.05, 0.1) is 18.6 Å². The largest absolute Gasteiger partial charge is 0.379 e. The molecule has 0 aliphatic carbocycles. The van der Waals surface area contributed by atoms with E-state index in [0.717, 1.165) is 16.4 Å². The van der Waals surface area contributed by atoms with Gasteiger partial charge in [0.15, 0.2) is 5.69 Å². The van der Waals surface area contributed by atoms with Gasteiger partial charge in [0.1, 0.15) is 10.7 Å². The molecular formula is C23H25FN4O5S. The Morgan fingerprint density at radius 2 is 1.82 bits per heavy atom. The minimum Gasteiger partial charge on any atom is -0.379 e. The highest BCUT2D eigenvalue weighted by Gasteiger charge is 2.29. The summed E-state index contributed by atoms with van der Waals surface area (Å²) < 4.78 is 48.0. The van der Waals surface area contributed by atoms with Crippen molar-refractivity contribution < 1.29 is 22.3 Å². The molecule has 1 aromatic heterocycles. The number of rotatable bonds is 6. The van der Waals surface area contributed by atoms with Crippen LogP contribution in [-0.2, 0) is 21.3 Å². The standard InChI is InChI=1S/C23H25FN4O5S/c1-15(2)14-28-23(30)18-6-4-3-5-17(18)21(26-28)22(29)25-16-7-8-19(24)20(13-16)34(31,32)27-9-11-33-12-10-27/h3-8,13,15H,9-12,14H2,1-2H3,(H,25,29). The van der Waals surface area contributed by atoms with Gasteiger partial charge in [-0.3, -0.25) is 9.59 Å². The first-order chi connectivity index (χ1) is 16.2. The molecule has 1 amide bonds. The van der Waals surface area contributed by atoms with Crippen LogP contribution in [0.4, 0.5) is 10.1 Å². The van der Waals surface area contributed by atoms with Gasteiger partial charge in [-0.1, -0.05) is 32.0 Å². The van der Waals surface area contributed by atoms with Gasteiger partial charge in [0, 0.05) is 30.7 Å². The average Bonchev–Trinajstić information content (AvgIpc) is 2.82. The van der Waals surface area contributed by atoms with Crippen LogP contribution in [0, 0.1) is 11.7 Å². The number of fused-ring (bicyclic) bond motifs is 1. The predicted octanol–water partition coefficient (Wildman–Crippen LogP) is 2.46. The maximum atomic E-state index is 14.5. The van der Waals surface area contributed by atoms with Crippen molar-refractivity contribution in [2.24, 2.45) is 5.92 Å². The Hall–Kier alpha value is -3.15. The predicted molar refractivity (Wildman–Crippen MR) is 125 cm³/mol. The lowest BCUT2D eigenvalue weighted by Gasteiger charge is -2.26. The fourth-order valence-corrected chi connectivity index (χ4v) is 5.27. The lowest BCUT2D eigenvalue weighted by Crippen LogP contribution is -2.40. The highest BCUT2D eigenvalue weighted by molar-refractivity contribution is 7.89. The summed E-state index contributed by atoms with van der Waals surface area (Å²) in [6.45, 7) is 4.86. The fourth-order valence-electron chi connectivity index (χ4n) is 3.77. The summed E-state index contributed by atoms with van der Waals surface area (Å²) in [5, 5.41) is 7.59. The first kappa shape index (κ1) is 24.0. The number of ether oxygens (including phenoxy) is 1. The second-order valence-corrected chi connectivity index (χ2v) is 10.3. The summed E-state index contributed by atoms with van der Waals surface area (Å²) >= 11 is 0. The smallest absolute Gasteiger partial charge is 0.276 e. The summed E-state index contributed by atoms with van der Waals surface area (Å²) in [5.41, 5.74) is -0.204. The first-order valence-corrected chi connectivity index (χ1v) is 12.3. The van der Waals surface area contributed by atoms with Crippen molar-refractivity contribution >= 4 is 32.4 Å². The van der Waals surface area contributed by atoms with Gasteiger partial charge in [-0.25, -0.2) is 17.5 Å². The molecule has 2 heterocycles. The first-order valence-electron chi connectivity index (χ1n) is 10.9. The van der Waals surface area contributed by atoms with E-state index < -0.39 is 26.6 Å². The van der Waals surface area contributed by atoms with Crippen molar-refractivity contribution in [2.45, 2.75) is 25.3 Å². The Labute approximate surface area is 196 Å². The highest BCUT2D eigenvalue weighted by Crippen LogP contribution is 2.24. The monoisotopic (exact) mass is 488 g/mol. The zero-order valence-corrected chi connectivity index (χ0v) is 19.6. The topological polar surface area (TPSA) is 111 Å². The molecule has 1 N–H and O–H groups in total. The maximum Gasteiger partial charge on any atom is 0.276 e. The van der Waals surface area contributed by atoms with Gasteiger partial charge in [0.25, 0.3) is 11.5 Å². The van der Waals surface area contributed by atoms with Crippen molar-refractivity contribution in [2.75, 3.05) is 31.6 Å². The van der Waals surface area contributed by atoms with E-state index in [1.165, 1.54) is 10.7 Å². The molecule has 11 heteroatoms. The number of nitrogens with zero attached hydrogens (tertiary/aromatic N) is 3. The molecule has 2 aromatic carbocycles. The maximum absolute atomic E-state index is 14.5. The normalized spacial score (nSPS) is 15.1. The molecule has 0 spiro atoms. The summed E-state index contributed by atoms with van der Waals surface area (Å²) in [4.78, 5) is 25.4. The Morgan fingerprint density at radius 3 is 2.50 bits per heavy atom. The van der Waals surface area contributed by atoms with Crippen molar-refractivity contribution in [3.8, 4) is 0 Å². The van der Waals surface area contributed by atoms with Crippen LogP contribution < -0.4 is 10.9 Å². The molecule has 1 saturated heterocycles. The fraction of sp³-hybridized carbons (Fsp3) is 0.348. The van der Waals surface area contributed by atoms with Gasteiger partial charge in [0.2, 0.25) is 10.0 Å². The third kappa shape index (κ3) is 4.72. The Morgan fingerprint density at radius 1 is 1.15 bits per heavy atom. The highest BCUT2D eigenvalue weighted by atomic mass is 32.2. The van der Waals surface area contributed by atoms with Gasteiger partial charge in [-0.05, 0) is 30.2 Å². The molecule has 1 aliphatic rings. The van der Waals surface area contributed by atoms with E-state index in [0.29, 0.717) is 17.3 Å². The number of carbonyl (C=O) groups is 1. The molecule has 3 aromatic rings. The second-order valence-electron chi connectivity index (χ2n) is 8.39. The van der Waals surface area contributed by atoms with Gasteiger partial charge >= 0.3 is 0 Å². The lowest BCUT2D eigenvalue weighted by atomic mass is 10.1. The van der Waals surface area contributed by atoms with Crippen LogP contribution in [0.25, 0.3) is 10.8 Å². The average molecular weight is 489 g/mol. The quantitative estimate of drug-likeness (QED) is 0.571. The molecule has 180 valence electrons. The number of morpholine rings is 1. The van der Waals surface area contributed by atoms with Crippen molar-refractivity contribution in [1.29, 1.82) is 0 Å². The number of aromatic nitrogens is 2. The van der Waals surface area contributed by atoms with Crippen molar-refractivity contribution in [3.05, 3.63) is 64.3 Å².